The molecule has 0 spiro atoms. The minimum absolute atomic E-state index is 0.0248. The lowest BCUT2D eigenvalue weighted by molar-refractivity contribution is 0.0534. The number of aliphatic hydroxyl groups excluding tert-OH is 1. The zero-order chi connectivity index (χ0) is 19.1. The number of nitrogens with one attached hydrogen (secondary N) is 1. The summed E-state index contributed by atoms with van der Waals surface area (Å²) in [6.45, 7) is 1.87. The normalized spacial score (nSPS) is 10.6. The van der Waals surface area contributed by atoms with Crippen LogP contribution in [0.2, 0.25) is 0 Å². The van der Waals surface area contributed by atoms with Crippen molar-refractivity contribution in [1.29, 1.82) is 0 Å². The van der Waals surface area contributed by atoms with Gasteiger partial charge in [0.1, 0.15) is 6.61 Å². The molecule has 0 aliphatic carbocycles. The van der Waals surface area contributed by atoms with Crippen LogP contribution in [0.3, 0.4) is 0 Å². The van der Waals surface area contributed by atoms with Crippen molar-refractivity contribution in [3.63, 3.8) is 0 Å². The lowest BCUT2D eigenvalue weighted by Crippen LogP contribution is -2.32. The van der Waals surface area contributed by atoms with Gasteiger partial charge in [-0.1, -0.05) is 42.0 Å². The van der Waals surface area contributed by atoms with Crippen LogP contribution in [0.15, 0.2) is 60.9 Å². The number of nitrogens with zero attached hydrogens (tertiary/aromatic N) is 2. The molecule has 3 aromatic rings. The number of aromatic amines is 1. The molecule has 0 bridgehead atoms. The Labute approximate surface area is 157 Å². The van der Waals surface area contributed by atoms with Crippen LogP contribution in [0.4, 0.5) is 10.5 Å². The van der Waals surface area contributed by atoms with Gasteiger partial charge in [-0.3, -0.25) is 9.94 Å². The van der Waals surface area contributed by atoms with Gasteiger partial charge in [-0.15, -0.1) is 0 Å². The van der Waals surface area contributed by atoms with Crippen LogP contribution in [-0.4, -0.2) is 34.6 Å². The van der Waals surface area contributed by atoms with Gasteiger partial charge in [0, 0.05) is 11.8 Å². The second-order valence-corrected chi connectivity index (χ2v) is 5.93. The summed E-state index contributed by atoms with van der Waals surface area (Å²) in [5, 5.41) is 16.8. The average molecular weight is 367 g/mol. The Morgan fingerprint density at radius 3 is 2.67 bits per heavy atom. The van der Waals surface area contributed by atoms with Crippen LogP contribution in [0.25, 0.3) is 11.1 Å². The van der Waals surface area contributed by atoms with Gasteiger partial charge in [-0.2, -0.15) is 10.2 Å². The molecular formula is C20H21N3O4. The summed E-state index contributed by atoms with van der Waals surface area (Å²) in [6, 6.07) is 14.9. The number of ether oxygens (including phenoxy) is 1. The first kappa shape index (κ1) is 18.6. The SMILES string of the molecule is Cc1cccc(COC(=O)N(OCCO)c2ccc(-c3cn[nH]c3)cc2)c1. The molecule has 0 radical (unpaired) electrons. The van der Waals surface area contributed by atoms with Crippen molar-refractivity contribution in [2.24, 2.45) is 0 Å². The maximum Gasteiger partial charge on any atom is 0.439 e. The molecule has 7 nitrogen and oxygen atoms in total. The van der Waals surface area contributed by atoms with Gasteiger partial charge in [0.15, 0.2) is 0 Å². The lowest BCUT2D eigenvalue weighted by Gasteiger charge is -2.21. The van der Waals surface area contributed by atoms with Crippen LogP contribution >= 0.6 is 0 Å². The predicted octanol–water partition coefficient (Wildman–Crippen LogP) is 3.45. The van der Waals surface area contributed by atoms with E-state index in [-0.39, 0.29) is 19.8 Å². The molecule has 0 atom stereocenters. The molecule has 0 aliphatic heterocycles. The molecule has 0 unspecified atom stereocenters. The van der Waals surface area contributed by atoms with E-state index < -0.39 is 6.09 Å². The summed E-state index contributed by atoms with van der Waals surface area (Å²) in [4.78, 5) is 17.9. The molecule has 2 aromatic carbocycles. The van der Waals surface area contributed by atoms with E-state index >= 15 is 0 Å². The largest absolute Gasteiger partial charge is 0.443 e. The van der Waals surface area contributed by atoms with Gasteiger partial charge in [0.25, 0.3) is 0 Å². The first-order chi connectivity index (χ1) is 13.2. The third kappa shape index (κ3) is 4.93. The lowest BCUT2D eigenvalue weighted by atomic mass is 10.1. The summed E-state index contributed by atoms with van der Waals surface area (Å²) >= 11 is 0. The quantitative estimate of drug-likeness (QED) is 0.625. The molecule has 140 valence electrons. The first-order valence-corrected chi connectivity index (χ1v) is 8.53. The zero-order valence-electron chi connectivity index (χ0n) is 15.0. The van der Waals surface area contributed by atoms with E-state index in [1.54, 1.807) is 24.5 Å². The van der Waals surface area contributed by atoms with Crippen LogP contribution in [0, 0.1) is 6.92 Å². The number of H-pyrrole nitrogens is 1. The molecule has 0 aliphatic rings. The molecule has 3 rings (SSSR count). The van der Waals surface area contributed by atoms with E-state index in [1.165, 1.54) is 0 Å². The number of aliphatic hydroxyl groups is 1. The third-order valence-electron chi connectivity index (χ3n) is 3.86. The number of aromatic nitrogens is 2. The molecule has 27 heavy (non-hydrogen) atoms. The van der Waals surface area contributed by atoms with E-state index in [9.17, 15) is 4.79 Å². The smallest absolute Gasteiger partial charge is 0.439 e. The highest BCUT2D eigenvalue weighted by Gasteiger charge is 2.19. The number of anilines is 1. The van der Waals surface area contributed by atoms with Crippen molar-refractivity contribution in [2.75, 3.05) is 18.3 Å². The van der Waals surface area contributed by atoms with Crippen molar-refractivity contribution in [2.45, 2.75) is 13.5 Å². The number of carbonyl (C=O) groups excluding carboxylic acids is 1. The highest BCUT2D eigenvalue weighted by Crippen LogP contribution is 2.23. The third-order valence-corrected chi connectivity index (χ3v) is 3.86. The van der Waals surface area contributed by atoms with Gasteiger partial charge in [0.05, 0.1) is 25.1 Å². The molecule has 0 saturated carbocycles. The fourth-order valence-electron chi connectivity index (χ4n) is 2.57. The van der Waals surface area contributed by atoms with Crippen molar-refractivity contribution in [3.8, 4) is 11.1 Å². The second-order valence-electron chi connectivity index (χ2n) is 5.93. The highest BCUT2D eigenvalue weighted by molar-refractivity contribution is 5.85. The standard InChI is InChI=1S/C20H21N3O4/c1-15-3-2-4-16(11-15)14-26-20(25)23(27-10-9-24)19-7-5-17(6-8-19)18-12-21-22-13-18/h2-8,11-13,24H,9-10,14H2,1H3,(H,21,22). The molecule has 0 fully saturated rings. The summed E-state index contributed by atoms with van der Waals surface area (Å²) in [6.07, 6.45) is 2.84. The van der Waals surface area contributed by atoms with Crippen LogP contribution in [0.5, 0.6) is 0 Å². The number of aryl methyl sites for hydroxylation is 1. The Kier molecular flexibility index (Phi) is 6.19. The molecule has 7 heteroatoms. The van der Waals surface area contributed by atoms with Crippen LogP contribution < -0.4 is 5.06 Å². The van der Waals surface area contributed by atoms with E-state index in [4.69, 9.17) is 14.7 Å². The Morgan fingerprint density at radius 2 is 2.00 bits per heavy atom. The summed E-state index contributed by atoms with van der Waals surface area (Å²) in [7, 11) is 0. The Morgan fingerprint density at radius 1 is 1.19 bits per heavy atom. The number of amides is 1. The zero-order valence-corrected chi connectivity index (χ0v) is 15.0. The molecule has 2 N–H and O–H groups in total. The summed E-state index contributed by atoms with van der Waals surface area (Å²) < 4.78 is 5.36. The maximum atomic E-state index is 12.5. The Balaban J connectivity index is 1.71. The number of hydroxylamine groups is 1. The second kappa shape index (κ2) is 8.98. The van der Waals surface area contributed by atoms with Crippen molar-refractivity contribution in [1.82, 2.24) is 10.2 Å². The van der Waals surface area contributed by atoms with Crippen LogP contribution in [-0.2, 0) is 16.2 Å². The number of hydrogen-bond donors (Lipinski definition) is 2. The van der Waals surface area contributed by atoms with Crippen molar-refractivity contribution in [3.05, 3.63) is 72.1 Å². The summed E-state index contributed by atoms with van der Waals surface area (Å²) in [5.74, 6) is 0. The Bertz CT molecular complexity index is 863. The van der Waals surface area contributed by atoms with E-state index in [1.807, 2.05) is 43.3 Å². The number of carbonyl (C=O) groups is 1. The Hall–Kier alpha value is -3.16. The molecular weight excluding hydrogens is 346 g/mol. The molecule has 1 amide bonds. The average Bonchev–Trinajstić information content (AvgIpc) is 3.22. The maximum absolute atomic E-state index is 12.5. The minimum Gasteiger partial charge on any atom is -0.443 e. The van der Waals surface area contributed by atoms with Crippen molar-refractivity contribution < 1.29 is 19.5 Å². The number of rotatable bonds is 7. The first-order valence-electron chi connectivity index (χ1n) is 8.53. The number of benzene rings is 2. The van der Waals surface area contributed by atoms with Gasteiger partial charge < -0.3 is 9.84 Å². The molecule has 1 heterocycles. The topological polar surface area (TPSA) is 87.7 Å². The number of hydrogen-bond acceptors (Lipinski definition) is 5. The van der Waals surface area contributed by atoms with Gasteiger partial charge >= 0.3 is 6.09 Å². The van der Waals surface area contributed by atoms with Gasteiger partial charge in [-0.05, 0) is 30.2 Å². The van der Waals surface area contributed by atoms with Gasteiger partial charge in [-0.25, -0.2) is 4.79 Å². The highest BCUT2D eigenvalue weighted by atomic mass is 16.7. The van der Waals surface area contributed by atoms with Crippen LogP contribution in [0.1, 0.15) is 11.1 Å². The van der Waals surface area contributed by atoms with Gasteiger partial charge in [0.2, 0.25) is 0 Å². The summed E-state index contributed by atoms with van der Waals surface area (Å²) in [5.41, 5.74) is 4.37. The van der Waals surface area contributed by atoms with E-state index in [0.717, 1.165) is 27.3 Å². The van der Waals surface area contributed by atoms with Crippen molar-refractivity contribution >= 4 is 11.8 Å². The fourth-order valence-corrected chi connectivity index (χ4v) is 2.57. The predicted molar refractivity (Wildman–Crippen MR) is 101 cm³/mol. The molecule has 0 saturated heterocycles. The monoisotopic (exact) mass is 367 g/mol. The fraction of sp³-hybridized carbons (Fsp3) is 0.200. The van der Waals surface area contributed by atoms with E-state index in [0.29, 0.717) is 5.69 Å². The molecule has 1 aromatic heterocycles. The van der Waals surface area contributed by atoms with E-state index in [2.05, 4.69) is 10.2 Å². The minimum atomic E-state index is -0.652.